The van der Waals surface area contributed by atoms with E-state index in [2.05, 4.69) is 4.90 Å². The lowest BCUT2D eigenvalue weighted by Gasteiger charge is -2.35. The first-order valence-corrected chi connectivity index (χ1v) is 13.6. The van der Waals surface area contributed by atoms with Gasteiger partial charge in [-0.15, -0.1) is 11.3 Å². The number of ether oxygens (including phenoxy) is 1. The highest BCUT2D eigenvalue weighted by Crippen LogP contribution is 2.30. The number of rotatable bonds is 8. The number of benzene rings is 2. The van der Waals surface area contributed by atoms with Gasteiger partial charge >= 0.3 is 6.18 Å². The molecule has 35 heavy (non-hydrogen) atoms. The molecular weight excluding hydrogens is 521 g/mol. The summed E-state index contributed by atoms with van der Waals surface area (Å²) in [5.41, 5.74) is 0.810. The number of halogens is 4. The Morgan fingerprint density at radius 1 is 0.971 bits per heavy atom. The van der Waals surface area contributed by atoms with E-state index in [0.717, 1.165) is 17.7 Å². The normalized spacial score (nSPS) is 16.9. The molecule has 188 valence electrons. The predicted octanol–water partition coefficient (Wildman–Crippen LogP) is 5.68. The molecule has 0 radical (unpaired) electrons. The van der Waals surface area contributed by atoms with E-state index in [-0.39, 0.29) is 12.7 Å². The van der Waals surface area contributed by atoms with Crippen molar-refractivity contribution < 1.29 is 26.3 Å². The summed E-state index contributed by atoms with van der Waals surface area (Å²) in [5, 5.41) is 2.33. The van der Waals surface area contributed by atoms with Gasteiger partial charge in [0.15, 0.2) is 0 Å². The van der Waals surface area contributed by atoms with Crippen LogP contribution < -0.4 is 0 Å². The minimum Gasteiger partial charge on any atom is -0.368 e. The van der Waals surface area contributed by atoms with Crippen molar-refractivity contribution in [1.29, 1.82) is 0 Å². The Labute approximate surface area is 211 Å². The van der Waals surface area contributed by atoms with Gasteiger partial charge in [0.05, 0.1) is 18.3 Å². The number of nitrogens with zero attached hydrogens (tertiary/aromatic N) is 2. The van der Waals surface area contributed by atoms with Gasteiger partial charge in [-0.25, -0.2) is 8.42 Å². The van der Waals surface area contributed by atoms with Crippen LogP contribution in [0.25, 0.3) is 0 Å². The van der Waals surface area contributed by atoms with Crippen LogP contribution in [0.4, 0.5) is 13.2 Å². The fraction of sp³-hybridized carbons (Fsp3) is 0.333. The van der Waals surface area contributed by atoms with Crippen molar-refractivity contribution in [3.05, 3.63) is 87.8 Å². The third kappa shape index (κ3) is 6.63. The molecule has 5 nitrogen and oxygen atoms in total. The molecule has 11 heteroatoms. The molecule has 2 heterocycles. The molecule has 1 atom stereocenters. The van der Waals surface area contributed by atoms with Crippen LogP contribution in [0.15, 0.2) is 70.3 Å². The topological polar surface area (TPSA) is 49.9 Å². The Morgan fingerprint density at radius 2 is 1.63 bits per heavy atom. The van der Waals surface area contributed by atoms with Crippen LogP contribution >= 0.6 is 22.9 Å². The maximum Gasteiger partial charge on any atom is 0.416 e. The van der Waals surface area contributed by atoms with Crippen LogP contribution in [0.3, 0.4) is 0 Å². The van der Waals surface area contributed by atoms with Gasteiger partial charge in [-0.05, 0) is 46.8 Å². The maximum absolute atomic E-state index is 12.8. The van der Waals surface area contributed by atoms with E-state index < -0.39 is 21.8 Å². The molecule has 1 unspecified atom stereocenters. The largest absolute Gasteiger partial charge is 0.416 e. The van der Waals surface area contributed by atoms with Gasteiger partial charge in [0.25, 0.3) is 10.0 Å². The predicted molar refractivity (Wildman–Crippen MR) is 130 cm³/mol. The fourth-order valence-corrected chi connectivity index (χ4v) is 6.54. The molecule has 3 aromatic rings. The summed E-state index contributed by atoms with van der Waals surface area (Å²) in [6.07, 6.45) is -4.75. The quantitative estimate of drug-likeness (QED) is 0.366. The van der Waals surface area contributed by atoms with Crippen LogP contribution in [0.1, 0.15) is 22.8 Å². The van der Waals surface area contributed by atoms with Gasteiger partial charge in [-0.1, -0.05) is 41.9 Å². The van der Waals surface area contributed by atoms with Crippen molar-refractivity contribution in [2.45, 2.75) is 23.1 Å². The monoisotopic (exact) mass is 544 g/mol. The Morgan fingerprint density at radius 3 is 2.20 bits per heavy atom. The van der Waals surface area contributed by atoms with Crippen LogP contribution in [0.2, 0.25) is 5.02 Å². The Bertz CT molecular complexity index is 1190. The first-order valence-electron chi connectivity index (χ1n) is 10.9. The van der Waals surface area contributed by atoms with E-state index in [1.165, 1.54) is 27.8 Å². The van der Waals surface area contributed by atoms with Crippen LogP contribution in [0.5, 0.6) is 0 Å². The van der Waals surface area contributed by atoms with E-state index in [1.807, 2.05) is 12.1 Å². The Balaban J connectivity index is 1.41. The highest BCUT2D eigenvalue weighted by atomic mass is 35.5. The molecule has 1 aromatic heterocycles. The molecule has 0 N–H and O–H groups in total. The first kappa shape index (κ1) is 26.1. The SMILES string of the molecule is O=S(=O)(c1cccs1)N1CCN(CC(OCc2ccc(C(F)(F)F)cc2)c2ccc(Cl)cc2)CC1. The van der Waals surface area contributed by atoms with Gasteiger partial charge in [-0.2, -0.15) is 17.5 Å². The highest BCUT2D eigenvalue weighted by Gasteiger charge is 2.31. The fourth-order valence-electron chi connectivity index (χ4n) is 3.84. The second-order valence-electron chi connectivity index (χ2n) is 8.18. The maximum atomic E-state index is 12.8. The summed E-state index contributed by atoms with van der Waals surface area (Å²) in [6, 6.07) is 15.5. The van der Waals surface area contributed by atoms with Crippen molar-refractivity contribution in [3.8, 4) is 0 Å². The molecule has 1 aliphatic heterocycles. The summed E-state index contributed by atoms with van der Waals surface area (Å²) >= 11 is 7.23. The van der Waals surface area contributed by atoms with Gasteiger partial charge in [0.2, 0.25) is 0 Å². The van der Waals surface area contributed by atoms with Crippen molar-refractivity contribution in [2.24, 2.45) is 0 Å². The van der Waals surface area contributed by atoms with Crippen molar-refractivity contribution in [1.82, 2.24) is 9.21 Å². The van der Waals surface area contributed by atoms with E-state index in [1.54, 1.807) is 29.6 Å². The third-order valence-electron chi connectivity index (χ3n) is 5.82. The summed E-state index contributed by atoms with van der Waals surface area (Å²) < 4.78 is 72.1. The molecule has 0 amide bonds. The summed E-state index contributed by atoms with van der Waals surface area (Å²) in [5.74, 6) is 0. The molecule has 2 aromatic carbocycles. The minimum atomic E-state index is -4.38. The smallest absolute Gasteiger partial charge is 0.368 e. The van der Waals surface area contributed by atoms with Crippen molar-refractivity contribution in [3.63, 3.8) is 0 Å². The highest BCUT2D eigenvalue weighted by molar-refractivity contribution is 7.91. The van der Waals surface area contributed by atoms with E-state index in [9.17, 15) is 21.6 Å². The molecule has 4 rings (SSSR count). The average molecular weight is 545 g/mol. The zero-order chi connectivity index (χ0) is 25.1. The average Bonchev–Trinajstić information content (AvgIpc) is 3.38. The zero-order valence-electron chi connectivity index (χ0n) is 18.6. The molecule has 1 aliphatic rings. The molecule has 0 saturated carbocycles. The summed E-state index contributed by atoms with van der Waals surface area (Å²) in [7, 11) is -3.49. The second-order valence-corrected chi connectivity index (χ2v) is 11.7. The summed E-state index contributed by atoms with van der Waals surface area (Å²) in [6.45, 7) is 2.46. The van der Waals surface area contributed by atoms with Gasteiger partial charge < -0.3 is 4.74 Å². The molecule has 0 spiro atoms. The molecule has 0 bridgehead atoms. The van der Waals surface area contributed by atoms with Crippen molar-refractivity contribution >= 4 is 33.0 Å². The Kier molecular flexibility index (Phi) is 8.19. The zero-order valence-corrected chi connectivity index (χ0v) is 21.0. The third-order valence-corrected chi connectivity index (χ3v) is 9.34. The van der Waals surface area contributed by atoms with Crippen molar-refractivity contribution in [2.75, 3.05) is 32.7 Å². The van der Waals surface area contributed by atoms with E-state index in [0.29, 0.717) is 47.5 Å². The lowest BCUT2D eigenvalue weighted by Crippen LogP contribution is -2.49. The standard InChI is InChI=1S/C24H24ClF3N2O3S2/c25-21-9-5-19(6-10-21)22(33-17-18-3-7-20(8-4-18)24(26,27)28)16-29-11-13-30(14-12-29)35(31,32)23-2-1-15-34-23/h1-10,15,22H,11-14,16-17H2. The second kappa shape index (κ2) is 11.0. The number of hydrogen-bond acceptors (Lipinski definition) is 5. The van der Waals surface area contributed by atoms with Crippen LogP contribution in [0, 0.1) is 0 Å². The molecular formula is C24H24ClF3N2O3S2. The number of alkyl halides is 3. The molecule has 1 fully saturated rings. The Hall–Kier alpha value is -1.95. The van der Waals surface area contributed by atoms with Crippen LogP contribution in [-0.2, 0) is 27.5 Å². The van der Waals surface area contributed by atoms with Gasteiger partial charge in [0, 0.05) is 37.7 Å². The van der Waals surface area contributed by atoms with Gasteiger partial charge in [-0.3, -0.25) is 4.90 Å². The number of piperazine rings is 1. The minimum absolute atomic E-state index is 0.137. The lowest BCUT2D eigenvalue weighted by atomic mass is 10.1. The lowest BCUT2D eigenvalue weighted by molar-refractivity contribution is -0.137. The van der Waals surface area contributed by atoms with E-state index >= 15 is 0 Å². The number of hydrogen-bond donors (Lipinski definition) is 0. The summed E-state index contributed by atoms with van der Waals surface area (Å²) in [4.78, 5) is 2.13. The number of thiophene rings is 1. The van der Waals surface area contributed by atoms with Crippen LogP contribution in [-0.4, -0.2) is 50.3 Å². The number of sulfonamides is 1. The van der Waals surface area contributed by atoms with Gasteiger partial charge in [0.1, 0.15) is 4.21 Å². The first-order chi connectivity index (χ1) is 16.6. The molecule has 0 aliphatic carbocycles. The van der Waals surface area contributed by atoms with E-state index in [4.69, 9.17) is 16.3 Å². The molecule has 1 saturated heterocycles.